The number of carbonyl (C=O) groups is 1. The van der Waals surface area contributed by atoms with Crippen molar-refractivity contribution in [3.8, 4) is 0 Å². The first-order valence-corrected chi connectivity index (χ1v) is 6.35. The lowest BCUT2D eigenvalue weighted by Crippen LogP contribution is -2.07. The Hall–Kier alpha value is -0.780. The summed E-state index contributed by atoms with van der Waals surface area (Å²) in [6.07, 6.45) is -0.112. The zero-order valence-corrected chi connectivity index (χ0v) is 10.7. The number of halogens is 2. The fourth-order valence-corrected chi connectivity index (χ4v) is 2.26. The lowest BCUT2D eigenvalue weighted by molar-refractivity contribution is -0.139. The van der Waals surface area contributed by atoms with E-state index in [4.69, 9.17) is 10.7 Å². The van der Waals surface area contributed by atoms with E-state index in [9.17, 15) is 13.2 Å². The summed E-state index contributed by atoms with van der Waals surface area (Å²) >= 11 is 0. The Morgan fingerprint density at radius 2 is 1.94 bits per heavy atom. The van der Waals surface area contributed by atoms with Crippen molar-refractivity contribution in [3.05, 3.63) is 29.8 Å². The second kappa shape index (κ2) is 6.08. The third-order valence-corrected chi connectivity index (χ3v) is 3.22. The fraction of sp³-hybridized carbons (Fsp3) is 0.222. The highest BCUT2D eigenvalue weighted by Gasteiger charge is 2.16. The maximum Gasteiger partial charge on any atom is 0.310 e. The minimum absolute atomic E-state index is 0. The van der Waals surface area contributed by atoms with Gasteiger partial charge in [-0.25, -0.2) is 8.42 Å². The Bertz CT molecular complexity index is 470. The van der Waals surface area contributed by atoms with Gasteiger partial charge < -0.3 is 4.74 Å². The minimum Gasteiger partial charge on any atom is -0.469 e. The van der Waals surface area contributed by atoms with Gasteiger partial charge >= 0.3 is 5.97 Å². The number of esters is 1. The molecule has 1 rings (SSSR count). The molecule has 1 aromatic carbocycles. The second-order valence-electron chi connectivity index (χ2n) is 2.80. The molecule has 0 aliphatic carbocycles. The Morgan fingerprint density at radius 3 is 2.44 bits per heavy atom. The molecule has 90 valence electrons. The second-order valence-corrected chi connectivity index (χ2v) is 5.33. The summed E-state index contributed by atoms with van der Waals surface area (Å²) in [5.74, 6) is -0.511. The van der Waals surface area contributed by atoms with Crippen molar-refractivity contribution in [1.29, 1.82) is 0 Å². The van der Waals surface area contributed by atoms with Crippen LogP contribution in [-0.4, -0.2) is 21.5 Å². The first-order valence-electron chi connectivity index (χ1n) is 4.04. The summed E-state index contributed by atoms with van der Waals surface area (Å²) in [7, 11) is 2.62. The van der Waals surface area contributed by atoms with E-state index in [1.54, 1.807) is 6.07 Å². The molecule has 0 bridgehead atoms. The lowest BCUT2D eigenvalue weighted by atomic mass is 10.1. The van der Waals surface area contributed by atoms with Gasteiger partial charge in [0.15, 0.2) is 0 Å². The van der Waals surface area contributed by atoms with Crippen LogP contribution in [-0.2, 0) is 25.0 Å². The van der Waals surface area contributed by atoms with Gasteiger partial charge in [-0.2, -0.15) is 0 Å². The van der Waals surface area contributed by atoms with Crippen LogP contribution in [0.4, 0.5) is 0 Å². The highest BCUT2D eigenvalue weighted by atomic mass is 35.7. The smallest absolute Gasteiger partial charge is 0.310 e. The maximum absolute atomic E-state index is 11.1. The average molecular weight is 285 g/mol. The quantitative estimate of drug-likeness (QED) is 0.627. The van der Waals surface area contributed by atoms with Crippen molar-refractivity contribution in [2.75, 3.05) is 7.11 Å². The Labute approximate surface area is 104 Å². The van der Waals surface area contributed by atoms with Gasteiger partial charge in [0.05, 0.1) is 18.4 Å². The molecule has 0 saturated carbocycles. The Morgan fingerprint density at radius 1 is 1.38 bits per heavy atom. The van der Waals surface area contributed by atoms with Crippen LogP contribution in [0, 0.1) is 0 Å². The van der Waals surface area contributed by atoms with E-state index in [0.717, 1.165) is 0 Å². The molecule has 1 aromatic rings. The molecule has 0 unspecified atom stereocenters. The van der Waals surface area contributed by atoms with Crippen LogP contribution < -0.4 is 0 Å². The van der Waals surface area contributed by atoms with Crippen LogP contribution in [0.1, 0.15) is 5.56 Å². The van der Waals surface area contributed by atoms with Gasteiger partial charge in [-0.3, -0.25) is 4.79 Å². The van der Waals surface area contributed by atoms with Crippen LogP contribution in [0.2, 0.25) is 0 Å². The summed E-state index contributed by atoms with van der Waals surface area (Å²) < 4.78 is 26.7. The van der Waals surface area contributed by atoms with Gasteiger partial charge in [-0.05, 0) is 11.6 Å². The van der Waals surface area contributed by atoms with E-state index in [1.165, 1.54) is 25.3 Å². The van der Waals surface area contributed by atoms with Gasteiger partial charge in [0.2, 0.25) is 0 Å². The van der Waals surface area contributed by atoms with Crippen molar-refractivity contribution < 1.29 is 17.9 Å². The van der Waals surface area contributed by atoms with Gasteiger partial charge in [0.25, 0.3) is 9.05 Å². The predicted molar refractivity (Wildman–Crippen MR) is 62.4 cm³/mol. The normalized spacial score (nSPS) is 10.4. The summed E-state index contributed by atoms with van der Waals surface area (Å²) in [6.45, 7) is 0. The van der Waals surface area contributed by atoms with Gasteiger partial charge in [0.1, 0.15) is 0 Å². The zero-order valence-electron chi connectivity index (χ0n) is 8.34. The number of rotatable bonds is 3. The first-order chi connectivity index (χ1) is 6.95. The van der Waals surface area contributed by atoms with E-state index in [2.05, 4.69) is 4.74 Å². The minimum atomic E-state index is -3.82. The SMILES string of the molecule is COC(=O)Cc1ccccc1S(=O)(=O)Cl.Cl. The molecule has 7 heteroatoms. The molecule has 0 fully saturated rings. The van der Waals surface area contributed by atoms with E-state index in [1.807, 2.05) is 0 Å². The van der Waals surface area contributed by atoms with Crippen molar-refractivity contribution in [2.24, 2.45) is 0 Å². The maximum atomic E-state index is 11.1. The van der Waals surface area contributed by atoms with E-state index in [-0.39, 0.29) is 23.7 Å². The highest BCUT2D eigenvalue weighted by Crippen LogP contribution is 2.20. The topological polar surface area (TPSA) is 60.4 Å². The largest absolute Gasteiger partial charge is 0.469 e. The van der Waals surface area contributed by atoms with E-state index < -0.39 is 15.0 Å². The Balaban J connectivity index is 0.00000225. The molecule has 0 aromatic heterocycles. The van der Waals surface area contributed by atoms with Crippen LogP contribution in [0.5, 0.6) is 0 Å². The summed E-state index contributed by atoms with van der Waals surface area (Å²) in [5.41, 5.74) is 0.333. The van der Waals surface area contributed by atoms with Gasteiger partial charge in [-0.1, -0.05) is 18.2 Å². The third-order valence-electron chi connectivity index (χ3n) is 1.80. The summed E-state index contributed by atoms with van der Waals surface area (Å²) in [4.78, 5) is 10.9. The molecule has 16 heavy (non-hydrogen) atoms. The lowest BCUT2D eigenvalue weighted by Gasteiger charge is -2.04. The third kappa shape index (κ3) is 4.00. The standard InChI is InChI=1S/C9H9ClO4S.ClH/c1-14-9(11)6-7-4-2-3-5-8(7)15(10,12)13;/h2-5H,6H2,1H3;1H. The molecule has 0 aliphatic heterocycles. The van der Waals surface area contributed by atoms with E-state index in [0.29, 0.717) is 5.56 Å². The molecule has 0 amide bonds. The van der Waals surface area contributed by atoms with Crippen LogP contribution in [0.15, 0.2) is 29.2 Å². The monoisotopic (exact) mass is 284 g/mol. The van der Waals surface area contributed by atoms with E-state index >= 15 is 0 Å². The molecule has 0 N–H and O–H groups in total. The zero-order chi connectivity index (χ0) is 11.5. The number of ether oxygens (including phenoxy) is 1. The van der Waals surface area contributed by atoms with Crippen LogP contribution in [0.25, 0.3) is 0 Å². The molecular weight excluding hydrogens is 275 g/mol. The van der Waals surface area contributed by atoms with Crippen molar-refractivity contribution in [2.45, 2.75) is 11.3 Å². The molecule has 0 heterocycles. The van der Waals surface area contributed by atoms with Gasteiger partial charge in [0, 0.05) is 10.7 Å². The molecule has 0 radical (unpaired) electrons. The number of hydrogen-bond donors (Lipinski definition) is 0. The highest BCUT2D eigenvalue weighted by molar-refractivity contribution is 8.13. The van der Waals surface area contributed by atoms with Crippen molar-refractivity contribution >= 4 is 38.1 Å². The molecule has 0 saturated heterocycles. The summed E-state index contributed by atoms with van der Waals surface area (Å²) in [6, 6.07) is 6.03. The first kappa shape index (κ1) is 15.2. The Kier molecular flexibility index (Phi) is 5.78. The molecular formula is C9H10Cl2O4S. The fourth-order valence-electron chi connectivity index (χ4n) is 1.12. The molecule has 0 spiro atoms. The van der Waals surface area contributed by atoms with Crippen molar-refractivity contribution in [3.63, 3.8) is 0 Å². The average Bonchev–Trinajstić information content (AvgIpc) is 2.17. The number of carbonyl (C=O) groups excluding carboxylic acids is 1. The number of hydrogen-bond acceptors (Lipinski definition) is 4. The predicted octanol–water partition coefficient (Wildman–Crippen LogP) is 1.75. The van der Waals surface area contributed by atoms with Crippen LogP contribution in [0.3, 0.4) is 0 Å². The molecule has 0 aliphatic rings. The summed E-state index contributed by atoms with van der Waals surface area (Å²) in [5, 5.41) is 0. The van der Waals surface area contributed by atoms with Crippen LogP contribution >= 0.6 is 23.1 Å². The molecule has 4 nitrogen and oxygen atoms in total. The van der Waals surface area contributed by atoms with Gasteiger partial charge in [-0.15, -0.1) is 12.4 Å². The number of methoxy groups -OCH3 is 1. The number of benzene rings is 1. The van der Waals surface area contributed by atoms with Crippen molar-refractivity contribution in [1.82, 2.24) is 0 Å². The molecule has 0 atom stereocenters.